The Morgan fingerprint density at radius 1 is 1.16 bits per heavy atom. The van der Waals surface area contributed by atoms with Crippen molar-refractivity contribution in [3.05, 3.63) is 35.4 Å². The molecule has 0 bridgehead atoms. The summed E-state index contributed by atoms with van der Waals surface area (Å²) in [7, 11) is 0. The SMILES string of the molecule is Cl.Cl.FC[C@H](c1cccc(F)c1F)N1CCNCC1. The lowest BCUT2D eigenvalue weighted by Gasteiger charge is -2.33. The first kappa shape index (κ1) is 18.5. The highest BCUT2D eigenvalue weighted by atomic mass is 35.5. The van der Waals surface area contributed by atoms with Crippen LogP contribution in [0.4, 0.5) is 13.2 Å². The quantitative estimate of drug-likeness (QED) is 0.922. The molecule has 0 unspecified atom stereocenters. The molecule has 0 saturated carbocycles. The Morgan fingerprint density at radius 2 is 1.79 bits per heavy atom. The third-order valence-electron chi connectivity index (χ3n) is 3.08. The number of nitrogens with one attached hydrogen (secondary N) is 1. The summed E-state index contributed by atoms with van der Waals surface area (Å²) in [5.74, 6) is -1.86. The molecular formula is C12H17Cl2F3N2. The van der Waals surface area contributed by atoms with E-state index in [4.69, 9.17) is 0 Å². The van der Waals surface area contributed by atoms with Gasteiger partial charge in [0.15, 0.2) is 11.6 Å². The number of nitrogens with zero attached hydrogens (tertiary/aromatic N) is 1. The Kier molecular flexibility index (Phi) is 8.41. The molecule has 1 saturated heterocycles. The van der Waals surface area contributed by atoms with Crippen LogP contribution in [0.2, 0.25) is 0 Å². The van der Waals surface area contributed by atoms with E-state index in [0.29, 0.717) is 13.1 Å². The summed E-state index contributed by atoms with van der Waals surface area (Å²) in [6, 6.07) is 3.22. The monoisotopic (exact) mass is 316 g/mol. The van der Waals surface area contributed by atoms with Gasteiger partial charge in [0.05, 0.1) is 6.04 Å². The van der Waals surface area contributed by atoms with Gasteiger partial charge in [-0.05, 0) is 6.07 Å². The van der Waals surface area contributed by atoms with Gasteiger partial charge in [-0.1, -0.05) is 12.1 Å². The molecule has 2 nitrogen and oxygen atoms in total. The minimum Gasteiger partial charge on any atom is -0.314 e. The average molecular weight is 317 g/mol. The van der Waals surface area contributed by atoms with Crippen molar-refractivity contribution in [3.8, 4) is 0 Å². The van der Waals surface area contributed by atoms with E-state index in [1.165, 1.54) is 12.1 Å². The summed E-state index contributed by atoms with van der Waals surface area (Å²) in [6.45, 7) is 2.07. The Labute approximate surface area is 123 Å². The van der Waals surface area contributed by atoms with Gasteiger partial charge < -0.3 is 5.32 Å². The Morgan fingerprint density at radius 3 is 2.37 bits per heavy atom. The highest BCUT2D eigenvalue weighted by Crippen LogP contribution is 2.25. The van der Waals surface area contributed by atoms with Gasteiger partial charge in [0.1, 0.15) is 6.67 Å². The summed E-state index contributed by atoms with van der Waals surface area (Å²) in [6.07, 6.45) is 0. The van der Waals surface area contributed by atoms with E-state index >= 15 is 0 Å². The largest absolute Gasteiger partial charge is 0.314 e. The van der Waals surface area contributed by atoms with E-state index < -0.39 is 24.4 Å². The molecule has 1 fully saturated rings. The molecule has 0 amide bonds. The number of hydrogen-bond donors (Lipinski definition) is 1. The van der Waals surface area contributed by atoms with Gasteiger partial charge >= 0.3 is 0 Å². The molecule has 1 aromatic carbocycles. The fraction of sp³-hybridized carbons (Fsp3) is 0.500. The maximum Gasteiger partial charge on any atom is 0.163 e. The second kappa shape index (κ2) is 8.64. The van der Waals surface area contributed by atoms with Gasteiger partial charge in [0, 0.05) is 31.7 Å². The van der Waals surface area contributed by atoms with Crippen LogP contribution in [-0.2, 0) is 0 Å². The van der Waals surface area contributed by atoms with Gasteiger partial charge in [-0.15, -0.1) is 24.8 Å². The minimum absolute atomic E-state index is 0. The Bertz CT molecular complexity index is 387. The van der Waals surface area contributed by atoms with Crippen LogP contribution < -0.4 is 5.32 Å². The lowest BCUT2D eigenvalue weighted by atomic mass is 10.0. The Balaban J connectivity index is 0.00000162. The number of hydrogen-bond acceptors (Lipinski definition) is 2. The highest BCUT2D eigenvalue weighted by molar-refractivity contribution is 5.85. The Hall–Kier alpha value is -0.490. The third-order valence-corrected chi connectivity index (χ3v) is 3.08. The van der Waals surface area contributed by atoms with Crippen LogP contribution in [0.25, 0.3) is 0 Å². The summed E-state index contributed by atoms with van der Waals surface area (Å²) in [4.78, 5) is 1.84. The fourth-order valence-corrected chi connectivity index (χ4v) is 2.15. The average Bonchev–Trinajstić information content (AvgIpc) is 2.37. The zero-order chi connectivity index (χ0) is 12.3. The minimum atomic E-state index is -0.936. The normalized spacial score (nSPS) is 17.2. The maximum atomic E-state index is 13.6. The standard InChI is InChI=1S/C12H15F3N2.2ClH/c13-8-11(17-6-4-16-5-7-17)9-2-1-3-10(14)12(9)15;;/h1-3,11,16H,4-8H2;2*1H/t11-;;/m1../s1. The second-order valence-corrected chi connectivity index (χ2v) is 4.10. The first-order valence-electron chi connectivity index (χ1n) is 5.68. The van der Waals surface area contributed by atoms with Crippen molar-refractivity contribution in [3.63, 3.8) is 0 Å². The predicted molar refractivity (Wildman–Crippen MR) is 74.0 cm³/mol. The molecule has 7 heteroatoms. The summed E-state index contributed by atoms with van der Waals surface area (Å²) >= 11 is 0. The van der Waals surface area contributed by atoms with Gasteiger partial charge in [-0.3, -0.25) is 4.90 Å². The van der Waals surface area contributed by atoms with E-state index in [2.05, 4.69) is 5.32 Å². The van der Waals surface area contributed by atoms with E-state index in [0.717, 1.165) is 19.2 Å². The molecule has 0 spiro atoms. The van der Waals surface area contributed by atoms with Gasteiger partial charge in [-0.25, -0.2) is 13.2 Å². The second-order valence-electron chi connectivity index (χ2n) is 4.10. The molecule has 19 heavy (non-hydrogen) atoms. The van der Waals surface area contributed by atoms with Crippen molar-refractivity contribution < 1.29 is 13.2 Å². The molecule has 1 aromatic rings. The third kappa shape index (κ3) is 4.24. The van der Waals surface area contributed by atoms with Crippen molar-refractivity contribution in [2.75, 3.05) is 32.9 Å². The number of piperazine rings is 1. The smallest absolute Gasteiger partial charge is 0.163 e. The summed E-state index contributed by atoms with van der Waals surface area (Å²) in [5, 5.41) is 3.14. The number of halogens is 5. The highest BCUT2D eigenvalue weighted by Gasteiger charge is 2.25. The van der Waals surface area contributed by atoms with Crippen molar-refractivity contribution in [1.82, 2.24) is 10.2 Å². The topological polar surface area (TPSA) is 15.3 Å². The molecule has 1 heterocycles. The predicted octanol–water partition coefficient (Wildman–Crippen LogP) is 2.72. The number of rotatable bonds is 3. The molecule has 0 aromatic heterocycles. The van der Waals surface area contributed by atoms with E-state index in [1.54, 1.807) is 0 Å². The van der Waals surface area contributed by atoms with Crippen molar-refractivity contribution >= 4 is 24.8 Å². The summed E-state index contributed by atoms with van der Waals surface area (Å²) in [5.41, 5.74) is 0.106. The van der Waals surface area contributed by atoms with E-state index in [9.17, 15) is 13.2 Å². The molecule has 0 aliphatic carbocycles. The first-order chi connectivity index (χ1) is 8.24. The number of alkyl halides is 1. The lowest BCUT2D eigenvalue weighted by Crippen LogP contribution is -2.45. The van der Waals surface area contributed by atoms with Crippen LogP contribution in [0.15, 0.2) is 18.2 Å². The van der Waals surface area contributed by atoms with Crippen LogP contribution >= 0.6 is 24.8 Å². The molecule has 1 N–H and O–H groups in total. The number of benzene rings is 1. The summed E-state index contributed by atoms with van der Waals surface area (Å²) < 4.78 is 39.8. The zero-order valence-electron chi connectivity index (χ0n) is 10.2. The molecule has 1 aliphatic rings. The molecule has 1 atom stereocenters. The maximum absolute atomic E-state index is 13.6. The molecule has 110 valence electrons. The fourth-order valence-electron chi connectivity index (χ4n) is 2.15. The van der Waals surface area contributed by atoms with Gasteiger partial charge in [0.2, 0.25) is 0 Å². The van der Waals surface area contributed by atoms with E-state index in [-0.39, 0.29) is 30.4 Å². The molecular weight excluding hydrogens is 300 g/mol. The zero-order valence-corrected chi connectivity index (χ0v) is 11.9. The van der Waals surface area contributed by atoms with Crippen molar-refractivity contribution in [1.29, 1.82) is 0 Å². The molecule has 0 radical (unpaired) electrons. The van der Waals surface area contributed by atoms with Crippen LogP contribution in [0.1, 0.15) is 11.6 Å². The van der Waals surface area contributed by atoms with Gasteiger partial charge in [-0.2, -0.15) is 0 Å². The first-order valence-corrected chi connectivity index (χ1v) is 5.68. The van der Waals surface area contributed by atoms with Crippen LogP contribution in [0, 0.1) is 11.6 Å². The lowest BCUT2D eigenvalue weighted by molar-refractivity contribution is 0.144. The van der Waals surface area contributed by atoms with Crippen molar-refractivity contribution in [2.24, 2.45) is 0 Å². The van der Waals surface area contributed by atoms with Crippen LogP contribution in [0.5, 0.6) is 0 Å². The van der Waals surface area contributed by atoms with E-state index in [1.807, 2.05) is 4.90 Å². The van der Waals surface area contributed by atoms with Crippen LogP contribution in [-0.4, -0.2) is 37.8 Å². The van der Waals surface area contributed by atoms with Gasteiger partial charge in [0.25, 0.3) is 0 Å². The van der Waals surface area contributed by atoms with Crippen LogP contribution in [0.3, 0.4) is 0 Å². The molecule has 2 rings (SSSR count). The molecule has 1 aliphatic heterocycles. The van der Waals surface area contributed by atoms with Crippen molar-refractivity contribution in [2.45, 2.75) is 6.04 Å².